The molecule has 0 atom stereocenters. The van der Waals surface area contributed by atoms with Crippen LogP contribution in [0.25, 0.3) is 16.7 Å². The van der Waals surface area contributed by atoms with E-state index in [0.29, 0.717) is 5.57 Å². The van der Waals surface area contributed by atoms with Crippen LogP contribution in [-0.2, 0) is 0 Å². The minimum absolute atomic E-state index is 0.464. The van der Waals surface area contributed by atoms with Crippen molar-refractivity contribution in [3.63, 3.8) is 0 Å². The van der Waals surface area contributed by atoms with Crippen LogP contribution in [0.1, 0.15) is 12.5 Å². The Kier molecular flexibility index (Phi) is 3.60. The molecule has 0 bridgehead atoms. The summed E-state index contributed by atoms with van der Waals surface area (Å²) in [5.41, 5.74) is 3.52. The van der Waals surface area contributed by atoms with E-state index < -0.39 is 5.29 Å². The summed E-state index contributed by atoms with van der Waals surface area (Å²) in [5, 5.41) is -0.655. The van der Waals surface area contributed by atoms with Gasteiger partial charge in [0.25, 0.3) is 0 Å². The second-order valence-corrected chi connectivity index (χ2v) is 4.16. The van der Waals surface area contributed by atoms with E-state index in [-0.39, 0.29) is 0 Å². The molecule has 0 aliphatic rings. The fraction of sp³-hybridized carbons (Fsp3) is 0.0667. The molecule has 0 saturated heterocycles. The molecule has 0 aliphatic carbocycles. The number of hydrogen-bond acceptors (Lipinski definition) is 0. The average Bonchev–Trinajstić information content (AvgIpc) is 2.39. The van der Waals surface area contributed by atoms with E-state index in [1.165, 1.54) is 0 Å². The van der Waals surface area contributed by atoms with Crippen molar-refractivity contribution in [2.24, 2.45) is 0 Å². The highest BCUT2D eigenvalue weighted by molar-refractivity contribution is 6.31. The number of hydrogen-bond donors (Lipinski definition) is 0. The fourth-order valence-electron chi connectivity index (χ4n) is 1.65. The van der Waals surface area contributed by atoms with Gasteiger partial charge in [-0.2, -0.15) is 4.39 Å². The Hall–Kier alpha value is -1.60. The lowest BCUT2D eigenvalue weighted by Crippen LogP contribution is -1.82. The smallest absolute Gasteiger partial charge is 0.192 e. The molecule has 17 heavy (non-hydrogen) atoms. The summed E-state index contributed by atoms with van der Waals surface area (Å²) in [6, 6.07) is 17.7. The van der Waals surface area contributed by atoms with E-state index in [4.69, 9.17) is 11.6 Å². The molecule has 0 fully saturated rings. The molecule has 2 aromatic carbocycles. The molecule has 2 rings (SSSR count). The minimum Gasteiger partial charge on any atom is -0.193 e. The van der Waals surface area contributed by atoms with Crippen LogP contribution in [0.5, 0.6) is 0 Å². The first-order valence-electron chi connectivity index (χ1n) is 5.36. The first kappa shape index (κ1) is 11.9. The molecule has 0 aromatic heterocycles. The van der Waals surface area contributed by atoms with Crippen LogP contribution in [0, 0.1) is 0 Å². The fourth-order valence-corrected chi connectivity index (χ4v) is 1.76. The Balaban J connectivity index is 2.35. The molecule has 0 heterocycles. The van der Waals surface area contributed by atoms with Crippen LogP contribution in [0.3, 0.4) is 0 Å². The zero-order valence-electron chi connectivity index (χ0n) is 9.45. The summed E-state index contributed by atoms with van der Waals surface area (Å²) in [4.78, 5) is 0. The van der Waals surface area contributed by atoms with Crippen molar-refractivity contribution in [3.8, 4) is 11.1 Å². The van der Waals surface area contributed by atoms with Gasteiger partial charge in [0.1, 0.15) is 0 Å². The molecule has 86 valence electrons. The third-order valence-corrected chi connectivity index (χ3v) is 2.99. The van der Waals surface area contributed by atoms with Gasteiger partial charge in [0, 0.05) is 5.57 Å². The maximum atomic E-state index is 12.8. The maximum Gasteiger partial charge on any atom is 0.192 e. The largest absolute Gasteiger partial charge is 0.193 e. The molecule has 0 radical (unpaired) electrons. The Labute approximate surface area is 105 Å². The molecular weight excluding hydrogens is 235 g/mol. The first-order valence-corrected chi connectivity index (χ1v) is 5.74. The summed E-state index contributed by atoms with van der Waals surface area (Å²) >= 11 is 5.33. The van der Waals surface area contributed by atoms with Crippen LogP contribution in [0.15, 0.2) is 59.9 Å². The quantitative estimate of drug-likeness (QED) is 0.679. The van der Waals surface area contributed by atoms with Gasteiger partial charge >= 0.3 is 0 Å². The highest BCUT2D eigenvalue weighted by atomic mass is 35.5. The highest BCUT2D eigenvalue weighted by Gasteiger charge is 2.02. The number of halogens is 2. The molecule has 2 heteroatoms. The monoisotopic (exact) mass is 246 g/mol. The second-order valence-electron chi connectivity index (χ2n) is 3.83. The van der Waals surface area contributed by atoms with E-state index in [0.717, 1.165) is 16.7 Å². The van der Waals surface area contributed by atoms with Crippen LogP contribution in [-0.4, -0.2) is 0 Å². The van der Waals surface area contributed by atoms with Crippen LogP contribution in [0.4, 0.5) is 4.39 Å². The van der Waals surface area contributed by atoms with Gasteiger partial charge in [-0.15, -0.1) is 0 Å². The normalized spacial score (nSPS) is 12.2. The number of benzene rings is 2. The van der Waals surface area contributed by atoms with E-state index >= 15 is 0 Å². The Morgan fingerprint density at radius 3 is 1.94 bits per heavy atom. The summed E-state index contributed by atoms with van der Waals surface area (Å²) in [6.45, 7) is 1.67. The van der Waals surface area contributed by atoms with Crippen molar-refractivity contribution < 1.29 is 4.39 Å². The molecule has 0 amide bonds. The van der Waals surface area contributed by atoms with Crippen molar-refractivity contribution >= 4 is 17.2 Å². The zero-order valence-corrected chi connectivity index (χ0v) is 10.2. The van der Waals surface area contributed by atoms with Crippen LogP contribution < -0.4 is 0 Å². The molecule has 0 N–H and O–H groups in total. The van der Waals surface area contributed by atoms with E-state index in [1.807, 2.05) is 54.6 Å². The molecule has 0 unspecified atom stereocenters. The number of allylic oxidation sites excluding steroid dienone is 1. The van der Waals surface area contributed by atoms with Gasteiger partial charge in [-0.05, 0) is 23.6 Å². The molecule has 0 nitrogen and oxygen atoms in total. The van der Waals surface area contributed by atoms with Crippen molar-refractivity contribution in [3.05, 3.63) is 65.4 Å². The Morgan fingerprint density at radius 2 is 1.41 bits per heavy atom. The predicted octanol–water partition coefficient (Wildman–Crippen LogP) is 5.25. The van der Waals surface area contributed by atoms with Crippen LogP contribution >= 0.6 is 11.6 Å². The van der Waals surface area contributed by atoms with Crippen molar-refractivity contribution in [1.29, 1.82) is 0 Å². The van der Waals surface area contributed by atoms with Crippen molar-refractivity contribution in [2.75, 3.05) is 0 Å². The van der Waals surface area contributed by atoms with Gasteiger partial charge in [0.05, 0.1) is 0 Å². The van der Waals surface area contributed by atoms with Gasteiger partial charge in [0.15, 0.2) is 5.29 Å². The lowest BCUT2D eigenvalue weighted by Gasteiger charge is -2.04. The Morgan fingerprint density at radius 1 is 0.882 bits per heavy atom. The third-order valence-electron chi connectivity index (χ3n) is 2.71. The summed E-state index contributed by atoms with van der Waals surface area (Å²) < 4.78 is 12.8. The Bertz CT molecular complexity index is 523. The van der Waals surface area contributed by atoms with E-state index in [2.05, 4.69) is 0 Å². The molecule has 0 saturated carbocycles. The SMILES string of the molecule is C/C(=C(\F)Cl)c1ccc(-c2ccccc2)cc1. The van der Waals surface area contributed by atoms with Crippen molar-refractivity contribution in [1.82, 2.24) is 0 Å². The summed E-state index contributed by atoms with van der Waals surface area (Å²) in [6.07, 6.45) is 0. The molecule has 0 aliphatic heterocycles. The minimum atomic E-state index is -0.655. The van der Waals surface area contributed by atoms with Crippen LogP contribution in [0.2, 0.25) is 0 Å². The number of rotatable bonds is 2. The lowest BCUT2D eigenvalue weighted by atomic mass is 10.0. The molecular formula is C15H12ClF. The van der Waals surface area contributed by atoms with Gasteiger partial charge in [-0.1, -0.05) is 66.2 Å². The van der Waals surface area contributed by atoms with E-state index in [9.17, 15) is 4.39 Å². The van der Waals surface area contributed by atoms with Gasteiger partial charge in [-0.25, -0.2) is 0 Å². The van der Waals surface area contributed by atoms with Gasteiger partial charge in [-0.3, -0.25) is 0 Å². The highest BCUT2D eigenvalue weighted by Crippen LogP contribution is 2.25. The topological polar surface area (TPSA) is 0 Å². The standard InChI is InChI=1S/C15H12ClF/c1-11(15(16)17)12-7-9-14(10-8-12)13-5-3-2-4-6-13/h2-10H,1H3/b15-11+. The van der Waals surface area contributed by atoms with Gasteiger partial charge < -0.3 is 0 Å². The lowest BCUT2D eigenvalue weighted by molar-refractivity contribution is 0.697. The molecule has 2 aromatic rings. The predicted molar refractivity (Wildman–Crippen MR) is 71.4 cm³/mol. The first-order chi connectivity index (χ1) is 8.18. The van der Waals surface area contributed by atoms with Crippen molar-refractivity contribution in [2.45, 2.75) is 6.92 Å². The molecule has 0 spiro atoms. The van der Waals surface area contributed by atoms with Gasteiger partial charge in [0.2, 0.25) is 0 Å². The third kappa shape index (κ3) is 2.75. The second kappa shape index (κ2) is 5.15. The maximum absolute atomic E-state index is 12.8. The zero-order chi connectivity index (χ0) is 12.3. The summed E-state index contributed by atoms with van der Waals surface area (Å²) in [5.74, 6) is 0. The summed E-state index contributed by atoms with van der Waals surface area (Å²) in [7, 11) is 0. The van der Waals surface area contributed by atoms with E-state index in [1.54, 1.807) is 6.92 Å². The average molecular weight is 247 g/mol.